The zero-order valence-electron chi connectivity index (χ0n) is 16.4. The zero-order chi connectivity index (χ0) is 19.8. The van der Waals surface area contributed by atoms with Crippen molar-refractivity contribution in [1.29, 1.82) is 0 Å². The molecule has 1 N–H and O–H groups in total. The number of hydrogen-bond donors (Lipinski definition) is 1. The van der Waals surface area contributed by atoms with Crippen LogP contribution in [-0.2, 0) is 0 Å². The Kier molecular flexibility index (Phi) is 7.57. The molecule has 6 heteroatoms. The van der Waals surface area contributed by atoms with Gasteiger partial charge in [-0.1, -0.05) is 17.7 Å². The lowest BCUT2D eigenvalue weighted by Crippen LogP contribution is -2.46. The van der Waals surface area contributed by atoms with E-state index in [-0.39, 0.29) is 5.91 Å². The highest BCUT2D eigenvalue weighted by molar-refractivity contribution is 6.30. The fraction of sp³-hybridized carbons (Fsp3) is 0.409. The van der Waals surface area contributed by atoms with Crippen LogP contribution < -0.4 is 15.0 Å². The maximum absolute atomic E-state index is 12.1. The van der Waals surface area contributed by atoms with E-state index >= 15 is 0 Å². The minimum absolute atomic E-state index is 0.0384. The van der Waals surface area contributed by atoms with Gasteiger partial charge in [0.1, 0.15) is 5.75 Å². The first kappa shape index (κ1) is 20.5. The lowest BCUT2D eigenvalue weighted by atomic mass is 10.2. The second-order valence-corrected chi connectivity index (χ2v) is 7.44. The van der Waals surface area contributed by atoms with Crippen molar-refractivity contribution >= 4 is 23.2 Å². The average molecular weight is 402 g/mol. The molecule has 1 saturated heterocycles. The van der Waals surface area contributed by atoms with Crippen molar-refractivity contribution < 1.29 is 9.53 Å². The van der Waals surface area contributed by atoms with Gasteiger partial charge in [0, 0.05) is 55.1 Å². The predicted octanol–water partition coefficient (Wildman–Crippen LogP) is 3.68. The molecule has 0 unspecified atom stereocenters. The highest BCUT2D eigenvalue weighted by Crippen LogP contribution is 2.22. The Morgan fingerprint density at radius 1 is 1.07 bits per heavy atom. The second kappa shape index (κ2) is 10.3. The number of anilines is 1. The summed E-state index contributed by atoms with van der Waals surface area (Å²) in [7, 11) is 1.70. The summed E-state index contributed by atoms with van der Waals surface area (Å²) in [6.45, 7) is 5.96. The molecule has 1 aliphatic heterocycles. The highest BCUT2D eigenvalue weighted by atomic mass is 35.5. The van der Waals surface area contributed by atoms with Crippen LogP contribution in [0.15, 0.2) is 48.5 Å². The number of amides is 1. The van der Waals surface area contributed by atoms with Crippen LogP contribution >= 0.6 is 11.6 Å². The van der Waals surface area contributed by atoms with Gasteiger partial charge in [-0.3, -0.25) is 9.69 Å². The molecule has 0 bridgehead atoms. The molecule has 0 aliphatic carbocycles. The first-order chi connectivity index (χ1) is 13.7. The van der Waals surface area contributed by atoms with E-state index in [1.807, 2.05) is 12.1 Å². The molecule has 2 aromatic rings. The molecule has 1 fully saturated rings. The number of piperazine rings is 1. The van der Waals surface area contributed by atoms with Gasteiger partial charge in [0.15, 0.2) is 0 Å². The Labute approximate surface area is 172 Å². The van der Waals surface area contributed by atoms with E-state index in [1.165, 1.54) is 5.69 Å². The number of unbranched alkanes of at least 4 members (excludes halogenated alkanes) is 1. The van der Waals surface area contributed by atoms with Gasteiger partial charge in [-0.05, 0) is 55.8 Å². The van der Waals surface area contributed by atoms with Gasteiger partial charge in [0.2, 0.25) is 0 Å². The molecule has 0 saturated carbocycles. The van der Waals surface area contributed by atoms with Crippen LogP contribution in [0.3, 0.4) is 0 Å². The molecule has 28 heavy (non-hydrogen) atoms. The molecule has 0 aromatic heterocycles. The average Bonchev–Trinajstić information content (AvgIpc) is 2.74. The number of rotatable bonds is 8. The molecule has 3 rings (SSSR count). The topological polar surface area (TPSA) is 44.8 Å². The van der Waals surface area contributed by atoms with Crippen LogP contribution in [0.1, 0.15) is 23.2 Å². The van der Waals surface area contributed by atoms with Gasteiger partial charge >= 0.3 is 0 Å². The van der Waals surface area contributed by atoms with Crippen LogP contribution in [0.25, 0.3) is 0 Å². The molecule has 1 heterocycles. The number of nitrogens with zero attached hydrogens (tertiary/aromatic N) is 2. The molecule has 150 valence electrons. The first-order valence-electron chi connectivity index (χ1n) is 9.81. The van der Waals surface area contributed by atoms with Gasteiger partial charge in [-0.25, -0.2) is 0 Å². The van der Waals surface area contributed by atoms with Gasteiger partial charge in [-0.2, -0.15) is 0 Å². The van der Waals surface area contributed by atoms with Crippen molar-refractivity contribution in [3.8, 4) is 5.75 Å². The fourth-order valence-electron chi connectivity index (χ4n) is 3.40. The predicted molar refractivity (Wildman–Crippen MR) is 115 cm³/mol. The lowest BCUT2D eigenvalue weighted by molar-refractivity contribution is 0.0952. The maximum atomic E-state index is 12.1. The minimum atomic E-state index is -0.0384. The van der Waals surface area contributed by atoms with E-state index in [0.29, 0.717) is 17.1 Å². The Bertz CT molecular complexity index is 759. The number of carbonyl (C=O) groups is 1. The largest absolute Gasteiger partial charge is 0.497 e. The van der Waals surface area contributed by atoms with Crippen molar-refractivity contribution in [3.05, 3.63) is 59.1 Å². The van der Waals surface area contributed by atoms with Crippen molar-refractivity contribution in [3.63, 3.8) is 0 Å². The molecular weight excluding hydrogens is 374 g/mol. The Balaban J connectivity index is 1.31. The monoisotopic (exact) mass is 401 g/mol. The third-order valence-electron chi connectivity index (χ3n) is 5.08. The number of hydrogen-bond acceptors (Lipinski definition) is 4. The minimum Gasteiger partial charge on any atom is -0.497 e. The Hall–Kier alpha value is -2.24. The van der Waals surface area contributed by atoms with Crippen LogP contribution in [0.5, 0.6) is 5.75 Å². The van der Waals surface area contributed by atoms with Gasteiger partial charge in [-0.15, -0.1) is 0 Å². The molecular formula is C22H28ClN3O2. The number of ether oxygens (including phenoxy) is 1. The third kappa shape index (κ3) is 5.88. The highest BCUT2D eigenvalue weighted by Gasteiger charge is 2.17. The summed E-state index contributed by atoms with van der Waals surface area (Å²) in [6.07, 6.45) is 2.06. The lowest BCUT2D eigenvalue weighted by Gasteiger charge is -2.36. The summed E-state index contributed by atoms with van der Waals surface area (Å²) in [5.41, 5.74) is 1.88. The Morgan fingerprint density at radius 3 is 2.54 bits per heavy atom. The molecule has 1 aliphatic rings. The number of carbonyl (C=O) groups excluding carboxylic acids is 1. The van der Waals surface area contributed by atoms with Crippen molar-refractivity contribution in [2.24, 2.45) is 0 Å². The first-order valence-corrected chi connectivity index (χ1v) is 10.2. The molecule has 0 radical (unpaired) electrons. The van der Waals surface area contributed by atoms with Gasteiger partial charge < -0.3 is 15.0 Å². The molecule has 2 aromatic carbocycles. The van der Waals surface area contributed by atoms with Crippen molar-refractivity contribution in [2.75, 3.05) is 51.3 Å². The summed E-state index contributed by atoms with van der Waals surface area (Å²) < 4.78 is 5.32. The van der Waals surface area contributed by atoms with Gasteiger partial charge in [0.25, 0.3) is 5.91 Å². The SMILES string of the molecule is COc1cccc(N2CCN(CCCCNC(=O)c3ccc(Cl)cc3)CC2)c1. The van der Waals surface area contributed by atoms with E-state index in [1.54, 1.807) is 31.4 Å². The number of nitrogens with one attached hydrogen (secondary N) is 1. The van der Waals surface area contributed by atoms with Crippen molar-refractivity contribution in [2.45, 2.75) is 12.8 Å². The van der Waals surface area contributed by atoms with E-state index in [4.69, 9.17) is 16.3 Å². The van der Waals surface area contributed by atoms with E-state index in [9.17, 15) is 4.79 Å². The van der Waals surface area contributed by atoms with E-state index < -0.39 is 0 Å². The zero-order valence-corrected chi connectivity index (χ0v) is 17.1. The number of benzene rings is 2. The summed E-state index contributed by atoms with van der Waals surface area (Å²) in [6, 6.07) is 15.2. The van der Waals surface area contributed by atoms with Crippen LogP contribution in [0.2, 0.25) is 5.02 Å². The summed E-state index contributed by atoms with van der Waals surface area (Å²) in [4.78, 5) is 17.0. The van der Waals surface area contributed by atoms with Crippen LogP contribution in [0.4, 0.5) is 5.69 Å². The normalized spacial score (nSPS) is 14.7. The Morgan fingerprint density at radius 2 is 1.82 bits per heavy atom. The summed E-state index contributed by atoms with van der Waals surface area (Å²) >= 11 is 5.85. The molecule has 5 nitrogen and oxygen atoms in total. The molecule has 0 atom stereocenters. The van der Waals surface area contributed by atoms with Crippen LogP contribution in [-0.4, -0.2) is 57.2 Å². The standard InChI is InChI=1S/C22H28ClN3O2/c1-28-21-6-4-5-20(17-21)26-15-13-25(14-16-26)12-3-2-11-24-22(27)18-7-9-19(23)10-8-18/h4-10,17H,2-3,11-16H2,1H3,(H,24,27). The second-order valence-electron chi connectivity index (χ2n) is 7.00. The summed E-state index contributed by atoms with van der Waals surface area (Å²) in [5.74, 6) is 0.865. The van der Waals surface area contributed by atoms with Crippen LogP contribution in [0, 0.1) is 0 Å². The fourth-order valence-corrected chi connectivity index (χ4v) is 3.53. The third-order valence-corrected chi connectivity index (χ3v) is 5.34. The van der Waals surface area contributed by atoms with Gasteiger partial charge in [0.05, 0.1) is 7.11 Å². The smallest absolute Gasteiger partial charge is 0.251 e. The molecule has 1 amide bonds. The summed E-state index contributed by atoms with van der Waals surface area (Å²) in [5, 5.41) is 3.62. The maximum Gasteiger partial charge on any atom is 0.251 e. The van der Waals surface area contributed by atoms with E-state index in [2.05, 4.69) is 27.2 Å². The molecule has 0 spiro atoms. The quantitative estimate of drug-likeness (QED) is 0.685. The number of methoxy groups -OCH3 is 1. The number of halogens is 1. The van der Waals surface area contributed by atoms with E-state index in [0.717, 1.165) is 51.3 Å². The van der Waals surface area contributed by atoms with Crippen molar-refractivity contribution in [1.82, 2.24) is 10.2 Å².